The van der Waals surface area contributed by atoms with Crippen molar-refractivity contribution in [3.05, 3.63) is 24.3 Å². The first-order chi connectivity index (χ1) is 6.61. The number of benzene rings is 1. The lowest BCUT2D eigenvalue weighted by Gasteiger charge is -2.07. The van der Waals surface area contributed by atoms with Gasteiger partial charge in [-0.15, -0.1) is 0 Å². The molecule has 0 bridgehead atoms. The Morgan fingerprint density at radius 2 is 2.00 bits per heavy atom. The van der Waals surface area contributed by atoms with Crippen molar-refractivity contribution < 1.29 is 18.3 Å². The lowest BCUT2D eigenvalue weighted by molar-refractivity contribution is 0.319. The molecule has 0 spiro atoms. The largest absolute Gasteiger partial charge is 0.495 e. The van der Waals surface area contributed by atoms with Gasteiger partial charge in [0.1, 0.15) is 10.6 Å². The highest BCUT2D eigenvalue weighted by molar-refractivity contribution is 7.91. The van der Waals surface area contributed by atoms with E-state index in [2.05, 4.69) is 0 Å². The van der Waals surface area contributed by atoms with Crippen molar-refractivity contribution in [2.75, 3.05) is 19.5 Å². The number of sulfone groups is 1. The number of aliphatic hydroxyl groups excluding tert-OH is 1. The Kier molecular flexibility index (Phi) is 3.49. The minimum atomic E-state index is -3.43. The number of para-hydroxylation sites is 1. The molecule has 0 unspecified atom stereocenters. The van der Waals surface area contributed by atoms with Crippen LogP contribution in [0.25, 0.3) is 0 Å². The summed E-state index contributed by atoms with van der Waals surface area (Å²) in [4.78, 5) is 0.122. The molecule has 0 atom stereocenters. The number of rotatable bonds is 4. The summed E-state index contributed by atoms with van der Waals surface area (Å²) >= 11 is 0. The molecule has 1 aromatic rings. The highest BCUT2D eigenvalue weighted by Gasteiger charge is 2.17. The molecule has 78 valence electrons. The molecule has 0 heterocycles. The maximum atomic E-state index is 11.6. The minimum absolute atomic E-state index is 0.122. The van der Waals surface area contributed by atoms with Crippen LogP contribution in [0.1, 0.15) is 0 Å². The van der Waals surface area contributed by atoms with E-state index < -0.39 is 9.84 Å². The van der Waals surface area contributed by atoms with Crippen molar-refractivity contribution in [1.29, 1.82) is 0 Å². The molecule has 5 heteroatoms. The molecule has 0 fully saturated rings. The number of hydrogen-bond acceptors (Lipinski definition) is 4. The van der Waals surface area contributed by atoms with Gasteiger partial charge in [-0.25, -0.2) is 8.42 Å². The zero-order valence-electron chi connectivity index (χ0n) is 7.80. The first kappa shape index (κ1) is 11.0. The van der Waals surface area contributed by atoms with E-state index in [1.165, 1.54) is 13.2 Å². The van der Waals surface area contributed by atoms with Crippen LogP contribution < -0.4 is 4.74 Å². The Balaban J connectivity index is 3.18. The standard InChI is InChI=1S/C9H12O4S/c1-13-8-4-2-3-5-9(8)14(11,12)7-6-10/h2-5,10H,6-7H2,1H3. The fraction of sp³-hybridized carbons (Fsp3) is 0.333. The van der Waals surface area contributed by atoms with Gasteiger partial charge in [-0.3, -0.25) is 0 Å². The number of ether oxygens (including phenoxy) is 1. The van der Waals surface area contributed by atoms with Crippen molar-refractivity contribution >= 4 is 9.84 Å². The molecule has 0 saturated heterocycles. The first-order valence-corrected chi connectivity index (χ1v) is 5.73. The zero-order chi connectivity index (χ0) is 10.6. The normalized spacial score (nSPS) is 11.3. The lowest BCUT2D eigenvalue weighted by Crippen LogP contribution is -2.11. The van der Waals surface area contributed by atoms with E-state index in [-0.39, 0.29) is 17.3 Å². The molecule has 0 aromatic heterocycles. The van der Waals surface area contributed by atoms with Crippen LogP contribution in [0.15, 0.2) is 29.2 Å². The van der Waals surface area contributed by atoms with Crippen molar-refractivity contribution in [2.45, 2.75) is 4.90 Å². The SMILES string of the molecule is COc1ccccc1S(=O)(=O)CCO. The van der Waals surface area contributed by atoms with E-state index in [1.54, 1.807) is 18.2 Å². The van der Waals surface area contributed by atoms with E-state index >= 15 is 0 Å². The summed E-state index contributed by atoms with van der Waals surface area (Å²) in [6, 6.07) is 6.34. The Hall–Kier alpha value is -1.07. The molecule has 0 aliphatic carbocycles. The summed E-state index contributed by atoms with van der Waals surface area (Å²) in [5, 5.41) is 8.61. The van der Waals surface area contributed by atoms with Crippen LogP contribution in [0.4, 0.5) is 0 Å². The van der Waals surface area contributed by atoms with Gasteiger partial charge in [0.05, 0.1) is 19.5 Å². The summed E-state index contributed by atoms with van der Waals surface area (Å²) in [5.41, 5.74) is 0. The molecule has 0 saturated carbocycles. The molecular weight excluding hydrogens is 204 g/mol. The smallest absolute Gasteiger partial charge is 0.184 e. The van der Waals surface area contributed by atoms with Crippen LogP contribution in [0, 0.1) is 0 Å². The molecule has 4 nitrogen and oxygen atoms in total. The van der Waals surface area contributed by atoms with Crippen LogP contribution in [-0.2, 0) is 9.84 Å². The quantitative estimate of drug-likeness (QED) is 0.794. The summed E-state index contributed by atoms with van der Waals surface area (Å²) < 4.78 is 28.1. The van der Waals surface area contributed by atoms with Crippen LogP contribution in [0.2, 0.25) is 0 Å². The van der Waals surface area contributed by atoms with E-state index in [1.807, 2.05) is 0 Å². The van der Waals surface area contributed by atoms with Gasteiger partial charge < -0.3 is 9.84 Å². The van der Waals surface area contributed by atoms with Gasteiger partial charge >= 0.3 is 0 Å². The molecule has 0 amide bonds. The van der Waals surface area contributed by atoms with Crippen molar-refractivity contribution in [3.63, 3.8) is 0 Å². The third-order valence-corrected chi connectivity index (χ3v) is 3.49. The van der Waals surface area contributed by atoms with Crippen LogP contribution >= 0.6 is 0 Å². The monoisotopic (exact) mass is 216 g/mol. The van der Waals surface area contributed by atoms with Crippen molar-refractivity contribution in [1.82, 2.24) is 0 Å². The second-order valence-electron chi connectivity index (χ2n) is 2.69. The molecule has 0 aliphatic rings. The summed E-state index contributed by atoms with van der Waals surface area (Å²) in [5.74, 6) is 0.0221. The van der Waals surface area contributed by atoms with Gasteiger partial charge in [0.25, 0.3) is 0 Å². The van der Waals surface area contributed by atoms with Gasteiger partial charge in [-0.05, 0) is 12.1 Å². The Morgan fingerprint density at radius 1 is 1.36 bits per heavy atom. The highest BCUT2D eigenvalue weighted by atomic mass is 32.2. The zero-order valence-corrected chi connectivity index (χ0v) is 8.62. The number of hydrogen-bond donors (Lipinski definition) is 1. The molecule has 1 aromatic carbocycles. The molecule has 14 heavy (non-hydrogen) atoms. The second-order valence-corrected chi connectivity index (χ2v) is 4.77. The van der Waals surface area contributed by atoms with Gasteiger partial charge in [0.15, 0.2) is 9.84 Å². The topological polar surface area (TPSA) is 63.6 Å². The van der Waals surface area contributed by atoms with E-state index in [9.17, 15) is 8.42 Å². The first-order valence-electron chi connectivity index (χ1n) is 4.08. The second kappa shape index (κ2) is 4.43. The van der Waals surface area contributed by atoms with Gasteiger partial charge in [0.2, 0.25) is 0 Å². The average molecular weight is 216 g/mol. The minimum Gasteiger partial charge on any atom is -0.495 e. The molecule has 0 aliphatic heterocycles. The van der Waals surface area contributed by atoms with E-state index in [4.69, 9.17) is 9.84 Å². The predicted molar refractivity (Wildman–Crippen MR) is 52.1 cm³/mol. The van der Waals surface area contributed by atoms with Crippen LogP contribution in [0.5, 0.6) is 5.75 Å². The van der Waals surface area contributed by atoms with E-state index in [0.29, 0.717) is 5.75 Å². The summed E-state index contributed by atoms with van der Waals surface area (Å²) in [7, 11) is -2.02. The third kappa shape index (κ3) is 2.24. The van der Waals surface area contributed by atoms with Gasteiger partial charge in [0, 0.05) is 0 Å². The van der Waals surface area contributed by atoms with Gasteiger partial charge in [-0.1, -0.05) is 12.1 Å². The molecular formula is C9H12O4S. The number of aliphatic hydroxyl groups is 1. The maximum absolute atomic E-state index is 11.6. The maximum Gasteiger partial charge on any atom is 0.184 e. The predicted octanol–water partition coefficient (Wildman–Crippen LogP) is 0.461. The lowest BCUT2D eigenvalue weighted by atomic mass is 10.3. The average Bonchev–Trinajstić information content (AvgIpc) is 2.18. The Labute approximate surface area is 83.1 Å². The summed E-state index contributed by atoms with van der Waals surface area (Å²) in [6.07, 6.45) is 0. The van der Waals surface area contributed by atoms with Crippen molar-refractivity contribution in [3.8, 4) is 5.75 Å². The summed E-state index contributed by atoms with van der Waals surface area (Å²) in [6.45, 7) is -0.389. The van der Waals surface area contributed by atoms with E-state index in [0.717, 1.165) is 0 Å². The van der Waals surface area contributed by atoms with Crippen LogP contribution in [-0.4, -0.2) is 33.0 Å². The van der Waals surface area contributed by atoms with Crippen LogP contribution in [0.3, 0.4) is 0 Å². The van der Waals surface area contributed by atoms with Gasteiger partial charge in [-0.2, -0.15) is 0 Å². The Morgan fingerprint density at radius 3 is 2.57 bits per heavy atom. The highest BCUT2D eigenvalue weighted by Crippen LogP contribution is 2.23. The fourth-order valence-electron chi connectivity index (χ4n) is 1.11. The fourth-order valence-corrected chi connectivity index (χ4v) is 2.31. The Bertz CT molecular complexity index is 397. The van der Waals surface area contributed by atoms with Crippen molar-refractivity contribution in [2.24, 2.45) is 0 Å². The molecule has 1 rings (SSSR count). The molecule has 0 radical (unpaired) electrons. The third-order valence-electron chi connectivity index (χ3n) is 1.76. The molecule has 1 N–H and O–H groups in total. The number of methoxy groups -OCH3 is 1.